The van der Waals surface area contributed by atoms with Gasteiger partial charge in [0.05, 0.1) is 17.5 Å². The van der Waals surface area contributed by atoms with Crippen molar-refractivity contribution in [2.75, 3.05) is 25.5 Å². The number of rotatable bonds is 9. The fourth-order valence-electron chi connectivity index (χ4n) is 2.02. The molecule has 2 N–H and O–H groups in total. The molecular formula is C18H26N4O3S. The fraction of sp³-hybridized carbons (Fsp3) is 0.444. The first-order valence-electron chi connectivity index (χ1n) is 8.20. The van der Waals surface area contributed by atoms with Gasteiger partial charge in [0, 0.05) is 19.3 Å². The lowest BCUT2D eigenvalue weighted by atomic mass is 9.90. The molecule has 1 unspecified atom stereocenters. The minimum atomic E-state index is -3.57. The number of carbonyl (C=O) groups excluding carboxylic acids is 1. The maximum atomic E-state index is 12.3. The van der Waals surface area contributed by atoms with E-state index in [4.69, 9.17) is 0 Å². The van der Waals surface area contributed by atoms with Crippen molar-refractivity contribution in [1.82, 2.24) is 9.62 Å². The zero-order valence-corrected chi connectivity index (χ0v) is 16.4. The Kier molecular flexibility index (Phi) is 7.36. The number of sulfonamides is 1. The lowest BCUT2D eigenvalue weighted by Gasteiger charge is -2.27. The lowest BCUT2D eigenvalue weighted by Crippen LogP contribution is -2.50. The number of nitriles is 1. The summed E-state index contributed by atoms with van der Waals surface area (Å²) in [6.45, 7) is 9.12. The van der Waals surface area contributed by atoms with Crippen LogP contribution < -0.4 is 10.6 Å². The lowest BCUT2D eigenvalue weighted by molar-refractivity contribution is -0.121. The summed E-state index contributed by atoms with van der Waals surface area (Å²) in [5.74, 6) is -0.348. The molecule has 142 valence electrons. The molecule has 1 rings (SSSR count). The summed E-state index contributed by atoms with van der Waals surface area (Å²) >= 11 is 0. The largest absolute Gasteiger partial charge is 0.376 e. The van der Waals surface area contributed by atoms with Gasteiger partial charge in [-0.15, -0.1) is 6.58 Å². The van der Waals surface area contributed by atoms with Crippen LogP contribution in [0.3, 0.4) is 0 Å². The Bertz CT molecular complexity index is 782. The monoisotopic (exact) mass is 378 g/mol. The molecular weight excluding hydrogens is 352 g/mol. The van der Waals surface area contributed by atoms with Crippen molar-refractivity contribution in [3.63, 3.8) is 0 Å². The van der Waals surface area contributed by atoms with Gasteiger partial charge in [-0.05, 0) is 37.1 Å². The highest BCUT2D eigenvalue weighted by atomic mass is 32.2. The standard InChI is InChI=1S/C18H26N4O3S/c1-6-11-22(5)26(24,25)16-9-7-15(8-10-16)20-12-17(23)21-18(4,13-19)14(2)3/h6-10,14,20H,1,11-12H2,2-5H3,(H,21,23). The average Bonchev–Trinajstić information content (AvgIpc) is 2.60. The van der Waals surface area contributed by atoms with E-state index < -0.39 is 15.6 Å². The highest BCUT2D eigenvalue weighted by Gasteiger charge is 2.29. The highest BCUT2D eigenvalue weighted by Crippen LogP contribution is 2.18. The summed E-state index contributed by atoms with van der Waals surface area (Å²) in [6, 6.07) is 8.25. The van der Waals surface area contributed by atoms with E-state index in [-0.39, 0.29) is 29.8 Å². The van der Waals surface area contributed by atoms with E-state index in [0.29, 0.717) is 5.69 Å². The highest BCUT2D eigenvalue weighted by molar-refractivity contribution is 7.89. The number of benzene rings is 1. The first-order valence-corrected chi connectivity index (χ1v) is 9.64. The van der Waals surface area contributed by atoms with Crippen LogP contribution in [0.2, 0.25) is 0 Å². The van der Waals surface area contributed by atoms with Gasteiger partial charge in [-0.1, -0.05) is 19.9 Å². The Morgan fingerprint density at radius 2 is 1.96 bits per heavy atom. The average molecular weight is 378 g/mol. The van der Waals surface area contributed by atoms with Crippen LogP contribution in [0.5, 0.6) is 0 Å². The van der Waals surface area contributed by atoms with Crippen LogP contribution in [0, 0.1) is 17.2 Å². The van der Waals surface area contributed by atoms with Crippen LogP contribution in [0.15, 0.2) is 41.8 Å². The number of anilines is 1. The molecule has 0 fully saturated rings. The van der Waals surface area contributed by atoms with Crippen molar-refractivity contribution < 1.29 is 13.2 Å². The predicted molar refractivity (Wildman–Crippen MR) is 102 cm³/mol. The molecule has 0 saturated heterocycles. The van der Waals surface area contributed by atoms with Crippen LogP contribution >= 0.6 is 0 Å². The third-order valence-corrected chi connectivity index (χ3v) is 6.03. The number of likely N-dealkylation sites (N-methyl/N-ethyl adjacent to an activating group) is 1. The first kappa shape index (κ1) is 21.7. The zero-order valence-electron chi connectivity index (χ0n) is 15.6. The molecule has 0 radical (unpaired) electrons. The Morgan fingerprint density at radius 1 is 1.38 bits per heavy atom. The third kappa shape index (κ3) is 5.31. The van der Waals surface area contributed by atoms with E-state index in [0.717, 1.165) is 0 Å². The van der Waals surface area contributed by atoms with Crippen LogP contribution in [-0.4, -0.2) is 44.3 Å². The third-order valence-electron chi connectivity index (χ3n) is 4.19. The van der Waals surface area contributed by atoms with Crippen molar-refractivity contribution in [2.24, 2.45) is 5.92 Å². The second-order valence-corrected chi connectivity index (χ2v) is 8.51. The zero-order chi connectivity index (χ0) is 20.0. The van der Waals surface area contributed by atoms with Gasteiger partial charge < -0.3 is 10.6 Å². The number of hydrogen-bond donors (Lipinski definition) is 2. The Morgan fingerprint density at radius 3 is 2.42 bits per heavy atom. The van der Waals surface area contributed by atoms with Crippen molar-refractivity contribution in [1.29, 1.82) is 5.26 Å². The predicted octanol–water partition coefficient (Wildman–Crippen LogP) is 1.96. The second-order valence-electron chi connectivity index (χ2n) is 6.47. The van der Waals surface area contributed by atoms with Crippen LogP contribution in [-0.2, 0) is 14.8 Å². The molecule has 1 aromatic carbocycles. The molecule has 1 amide bonds. The Balaban J connectivity index is 2.73. The molecule has 0 spiro atoms. The van der Waals surface area contributed by atoms with Crippen LogP contribution in [0.4, 0.5) is 5.69 Å². The molecule has 0 aliphatic carbocycles. The molecule has 0 aliphatic rings. The first-order chi connectivity index (χ1) is 12.1. The maximum absolute atomic E-state index is 12.3. The van der Waals surface area contributed by atoms with E-state index in [9.17, 15) is 18.5 Å². The van der Waals surface area contributed by atoms with Gasteiger partial charge in [0.2, 0.25) is 15.9 Å². The Labute approximate surface area is 155 Å². The fourth-order valence-corrected chi connectivity index (χ4v) is 3.16. The Hall–Kier alpha value is -2.37. The van der Waals surface area contributed by atoms with Gasteiger partial charge in [0.25, 0.3) is 0 Å². The number of amides is 1. The van der Waals surface area contributed by atoms with Crippen LogP contribution in [0.1, 0.15) is 20.8 Å². The molecule has 1 aromatic rings. The maximum Gasteiger partial charge on any atom is 0.243 e. The normalized spacial score (nSPS) is 13.7. The number of nitrogens with zero attached hydrogens (tertiary/aromatic N) is 2. The van der Waals surface area contributed by atoms with Crippen molar-refractivity contribution in [2.45, 2.75) is 31.2 Å². The number of hydrogen-bond acceptors (Lipinski definition) is 5. The summed E-state index contributed by atoms with van der Waals surface area (Å²) in [5, 5.41) is 14.8. The van der Waals surface area contributed by atoms with Crippen molar-refractivity contribution in [3.05, 3.63) is 36.9 Å². The summed E-state index contributed by atoms with van der Waals surface area (Å²) in [7, 11) is -2.09. The van der Waals surface area contributed by atoms with E-state index in [1.807, 2.05) is 13.8 Å². The molecule has 8 heteroatoms. The van der Waals surface area contributed by atoms with Crippen LogP contribution in [0.25, 0.3) is 0 Å². The van der Waals surface area contributed by atoms with E-state index >= 15 is 0 Å². The molecule has 0 bridgehead atoms. The molecule has 0 saturated carbocycles. The minimum absolute atomic E-state index is 0.0214. The van der Waals surface area contributed by atoms with Gasteiger partial charge in [0.15, 0.2) is 0 Å². The summed E-state index contributed by atoms with van der Waals surface area (Å²) in [4.78, 5) is 12.2. The quantitative estimate of drug-likeness (QED) is 0.640. The SMILES string of the molecule is C=CCN(C)S(=O)(=O)c1ccc(NCC(=O)NC(C)(C#N)C(C)C)cc1. The smallest absolute Gasteiger partial charge is 0.243 e. The van der Waals surface area contributed by atoms with E-state index in [2.05, 4.69) is 23.3 Å². The summed E-state index contributed by atoms with van der Waals surface area (Å²) < 4.78 is 25.8. The number of nitrogens with one attached hydrogen (secondary N) is 2. The van der Waals surface area contributed by atoms with E-state index in [1.165, 1.54) is 29.6 Å². The molecule has 0 heterocycles. The summed E-state index contributed by atoms with van der Waals surface area (Å²) in [5.41, 5.74) is -0.333. The van der Waals surface area contributed by atoms with Gasteiger partial charge in [-0.2, -0.15) is 9.57 Å². The number of carbonyl (C=O) groups is 1. The summed E-state index contributed by atoms with van der Waals surface area (Å²) in [6.07, 6.45) is 1.51. The molecule has 1 atom stereocenters. The minimum Gasteiger partial charge on any atom is -0.376 e. The molecule has 0 aromatic heterocycles. The molecule has 7 nitrogen and oxygen atoms in total. The molecule has 26 heavy (non-hydrogen) atoms. The van der Waals surface area contributed by atoms with Gasteiger partial charge >= 0.3 is 0 Å². The van der Waals surface area contributed by atoms with Crippen molar-refractivity contribution in [3.8, 4) is 6.07 Å². The van der Waals surface area contributed by atoms with Gasteiger partial charge in [-0.3, -0.25) is 4.79 Å². The molecule has 0 aliphatic heterocycles. The topological polar surface area (TPSA) is 102 Å². The second kappa shape index (κ2) is 8.83. The van der Waals surface area contributed by atoms with Gasteiger partial charge in [0.1, 0.15) is 5.54 Å². The van der Waals surface area contributed by atoms with Gasteiger partial charge in [-0.25, -0.2) is 8.42 Å². The van der Waals surface area contributed by atoms with Crippen molar-refractivity contribution >= 4 is 21.6 Å². The van der Waals surface area contributed by atoms with E-state index in [1.54, 1.807) is 19.1 Å².